The van der Waals surface area contributed by atoms with Crippen molar-refractivity contribution in [3.63, 3.8) is 0 Å². The molecule has 35 nitrogen and oxygen atoms in total. The highest BCUT2D eigenvalue weighted by Crippen LogP contribution is 2.39. The highest BCUT2D eigenvalue weighted by Gasteiger charge is 2.49. The van der Waals surface area contributed by atoms with Crippen LogP contribution in [0.2, 0.25) is 0 Å². The number of fused-ring (bicyclic) bond motifs is 1. The summed E-state index contributed by atoms with van der Waals surface area (Å²) in [7, 11) is -5.32. The molecule has 0 bridgehead atoms. The Bertz CT molecular complexity index is 3090. The zero-order valence-electron chi connectivity index (χ0n) is 55.1. The summed E-state index contributed by atoms with van der Waals surface area (Å²) in [6.07, 6.45) is 4.46. The minimum atomic E-state index is -5.32. The van der Waals surface area contributed by atoms with Crippen molar-refractivity contribution in [1.82, 2.24) is 77.3 Å². The number of hydrogen-bond acceptors (Lipinski definition) is 18. The SMILES string of the molecule is CC(C)[C@H](NC(=O)[C@@H]1CCCN1C(=O)CNC(=O)CNC(=O)CCCC[C@@H]1SC[C@@H]2NC(=O)N[C@@H]21)C(=O)N1CCC[C@H]1C(=O)N1CCC[C@H]1C(=O)NCC(=O)N[C@H](C(=O)N1CCC[C@H]1C(=O)N[C@@H](C)C(=O)N1CCC[C@H]1C(=O)N1CCC[C@H]1C(=O)NCC(N)=O)[C@@H](C)OP(=O)(O)O. The lowest BCUT2D eigenvalue weighted by Gasteiger charge is -2.34. The smallest absolute Gasteiger partial charge is 0.368 e. The second-order valence-electron chi connectivity index (χ2n) is 26.3. The van der Waals surface area contributed by atoms with Gasteiger partial charge in [-0.1, -0.05) is 20.3 Å². The number of nitrogens with zero attached hydrogens (tertiary/aromatic N) is 6. The largest absolute Gasteiger partial charge is 0.469 e. The van der Waals surface area contributed by atoms with Gasteiger partial charge >= 0.3 is 13.9 Å². The Morgan fingerprint density at radius 2 is 1.00 bits per heavy atom. The molecule has 0 aromatic carbocycles. The van der Waals surface area contributed by atoms with Crippen LogP contribution >= 0.6 is 19.6 Å². The van der Waals surface area contributed by atoms with Crippen molar-refractivity contribution in [2.45, 2.75) is 208 Å². The summed E-state index contributed by atoms with van der Waals surface area (Å²) < 4.78 is 17.0. The van der Waals surface area contributed by atoms with Crippen molar-refractivity contribution in [2.75, 3.05) is 71.2 Å². The number of thioether (sulfide) groups is 1. The van der Waals surface area contributed by atoms with Gasteiger partial charge in [0, 0.05) is 56.7 Å². The minimum absolute atomic E-state index is 0.0659. The van der Waals surface area contributed by atoms with Crippen LogP contribution in [0.25, 0.3) is 0 Å². The van der Waals surface area contributed by atoms with E-state index in [1.165, 1.54) is 31.4 Å². The van der Waals surface area contributed by atoms with Gasteiger partial charge in [0.25, 0.3) is 0 Å². The zero-order chi connectivity index (χ0) is 70.6. The van der Waals surface area contributed by atoms with E-state index in [1.807, 2.05) is 0 Å². The van der Waals surface area contributed by atoms with Gasteiger partial charge in [0.05, 0.1) is 44.4 Å². The van der Waals surface area contributed by atoms with Crippen LogP contribution in [-0.4, -0.2) is 277 Å². The molecule has 0 aromatic heterocycles. The Labute approximate surface area is 565 Å². The van der Waals surface area contributed by atoms with Gasteiger partial charge in [0.2, 0.25) is 82.7 Å². The van der Waals surface area contributed by atoms with E-state index in [0.29, 0.717) is 44.9 Å². The molecule has 0 radical (unpaired) electrons. The molecule has 0 spiro atoms. The number of primary amides is 1. The van der Waals surface area contributed by atoms with Crippen molar-refractivity contribution in [2.24, 2.45) is 11.7 Å². The molecule has 0 unspecified atom stereocenters. The highest BCUT2D eigenvalue weighted by atomic mass is 32.2. The van der Waals surface area contributed by atoms with Crippen LogP contribution in [0.5, 0.6) is 0 Å². The molecule has 0 saturated carbocycles. The van der Waals surface area contributed by atoms with Crippen LogP contribution in [0.1, 0.15) is 130 Å². The lowest BCUT2D eigenvalue weighted by atomic mass is 10.0. The third-order valence-corrected chi connectivity index (χ3v) is 21.3. The maximum atomic E-state index is 14.5. The second-order valence-corrected chi connectivity index (χ2v) is 28.8. The molecular weight excluding hydrogens is 1310 g/mol. The molecule has 0 aliphatic carbocycles. The van der Waals surface area contributed by atoms with Gasteiger partial charge in [0.1, 0.15) is 54.4 Å². The molecule has 8 rings (SSSR count). The molecule has 97 heavy (non-hydrogen) atoms. The van der Waals surface area contributed by atoms with Gasteiger partial charge in [-0.2, -0.15) is 11.8 Å². The van der Waals surface area contributed by atoms with Crippen molar-refractivity contribution in [3.8, 4) is 0 Å². The number of hydrogen-bond donors (Lipinski definition) is 12. The fourth-order valence-corrected chi connectivity index (χ4v) is 16.4. The van der Waals surface area contributed by atoms with Crippen molar-refractivity contribution in [1.29, 1.82) is 0 Å². The monoisotopic (exact) mass is 1400 g/mol. The van der Waals surface area contributed by atoms with Crippen LogP contribution in [0.4, 0.5) is 4.79 Å². The number of rotatable bonds is 29. The van der Waals surface area contributed by atoms with Crippen LogP contribution in [0.15, 0.2) is 0 Å². The Kier molecular flexibility index (Phi) is 26.1. The number of nitrogens with one attached hydrogen (secondary N) is 9. The van der Waals surface area contributed by atoms with Gasteiger partial charge < -0.3 is 92.8 Å². The first kappa shape index (κ1) is 75.1. The summed E-state index contributed by atoms with van der Waals surface area (Å²) in [6.45, 7) is 4.70. The first-order valence-corrected chi connectivity index (χ1v) is 36.1. The molecule has 13 atom stereocenters. The summed E-state index contributed by atoms with van der Waals surface area (Å²) in [6, 6.07) is -10.4. The number of likely N-dealkylation sites (tertiary alicyclic amines) is 6. The lowest BCUT2D eigenvalue weighted by Crippen LogP contribution is -2.60. The average Bonchev–Trinajstić information content (AvgIpc) is 1.77. The first-order chi connectivity index (χ1) is 46.0. The van der Waals surface area contributed by atoms with Crippen molar-refractivity contribution < 1.29 is 90.8 Å². The van der Waals surface area contributed by atoms with Gasteiger partial charge in [0.15, 0.2) is 0 Å². The number of unbranched alkanes of at least 4 members (excludes halogenated alkanes) is 1. The Morgan fingerprint density at radius 1 is 0.536 bits per heavy atom. The standard InChI is InChI=1S/C60H93N16O19PS/c1-32(2)48(69-54(85)38-15-7-21-71(38)47(81)30-63-45(79)28-62-44(78)20-6-5-19-42-50-35(31-97-42)67-60(91)70-50)58(89)76-26-12-18-41(76)57(88)73-23-9-14-37(73)52(83)65-29-46(80)68-49(34(4)95-96(92,93)94)59(90)74-24-10-16-39(74)53(84)66-33(3)55(86)75-25-11-17-40(75)56(87)72-22-8-13-36(72)51(82)64-27-43(61)77/h32-42,48-50H,5-31H2,1-4H3,(H2,61,77)(H,62,78)(H,63,79)(H,64,82)(H,65,83)(H,66,84)(H,68,80)(H,69,85)(H2,67,70,91)(H2,92,93,94)/t33-,34+,35-,36-,37-,38-,39-,40-,41-,42-,48-,49-,50-/m0/s1. The summed E-state index contributed by atoms with van der Waals surface area (Å²) in [5.41, 5.74) is 5.17. The van der Waals surface area contributed by atoms with E-state index in [9.17, 15) is 86.3 Å². The van der Waals surface area contributed by atoms with Crippen LogP contribution in [0, 0.1) is 5.92 Å². The molecule has 37 heteroatoms. The fraction of sp³-hybridized carbons (Fsp3) is 0.750. The number of urea groups is 1. The molecular formula is C60H93N16O19PS. The third kappa shape index (κ3) is 19.2. The Hall–Kier alpha value is -7.69. The zero-order valence-corrected chi connectivity index (χ0v) is 56.8. The van der Waals surface area contributed by atoms with E-state index >= 15 is 0 Å². The van der Waals surface area contributed by atoms with E-state index in [1.54, 1.807) is 25.6 Å². The molecule has 16 amide bonds. The maximum Gasteiger partial charge on any atom is 0.469 e. The van der Waals surface area contributed by atoms with E-state index < -0.39 is 171 Å². The van der Waals surface area contributed by atoms with Crippen LogP contribution in [0.3, 0.4) is 0 Å². The molecule has 0 aromatic rings. The number of phosphoric ester groups is 1. The maximum absolute atomic E-state index is 14.5. The predicted octanol–water partition coefficient (Wildman–Crippen LogP) is -4.76. The highest BCUT2D eigenvalue weighted by molar-refractivity contribution is 8.00. The third-order valence-electron chi connectivity index (χ3n) is 19.2. The summed E-state index contributed by atoms with van der Waals surface area (Å²) in [4.78, 5) is 228. The number of amides is 16. The summed E-state index contributed by atoms with van der Waals surface area (Å²) in [5, 5.41) is 23.9. The fourth-order valence-electron chi connectivity index (χ4n) is 14.3. The molecule has 8 fully saturated rings. The first-order valence-electron chi connectivity index (χ1n) is 33.5. The number of phosphoric acid groups is 1. The van der Waals surface area contributed by atoms with Crippen molar-refractivity contribution >= 4 is 108 Å². The number of carbonyl (C=O) groups is 15. The summed E-state index contributed by atoms with van der Waals surface area (Å²) in [5.74, 6) is -8.82. The lowest BCUT2D eigenvalue weighted by molar-refractivity contribution is -0.149. The molecule has 8 aliphatic rings. The number of carbonyl (C=O) groups excluding carboxylic acids is 15. The molecule has 8 heterocycles. The number of nitrogens with two attached hydrogens (primary N) is 1. The molecule has 8 saturated heterocycles. The van der Waals surface area contributed by atoms with E-state index in [4.69, 9.17) is 10.3 Å². The predicted molar refractivity (Wildman–Crippen MR) is 342 cm³/mol. The second kappa shape index (κ2) is 33.7. The van der Waals surface area contributed by atoms with Gasteiger partial charge in [-0.15, -0.1) is 0 Å². The average molecular weight is 1410 g/mol. The van der Waals surface area contributed by atoms with E-state index in [0.717, 1.165) is 30.4 Å². The molecule has 13 N–H and O–H groups in total. The minimum Gasteiger partial charge on any atom is -0.368 e. The van der Waals surface area contributed by atoms with Crippen LogP contribution in [-0.2, 0) is 76.2 Å². The Balaban J connectivity index is 0.795. The van der Waals surface area contributed by atoms with E-state index in [2.05, 4.69) is 47.9 Å². The van der Waals surface area contributed by atoms with Gasteiger partial charge in [-0.3, -0.25) is 71.6 Å². The van der Waals surface area contributed by atoms with Gasteiger partial charge in [-0.05, 0) is 110 Å². The quantitative estimate of drug-likeness (QED) is 0.0190. The van der Waals surface area contributed by atoms with Crippen LogP contribution < -0.4 is 53.6 Å². The summed E-state index contributed by atoms with van der Waals surface area (Å²) >= 11 is 1.79. The topological polar surface area (TPSA) is 477 Å². The molecule has 8 aliphatic heterocycles. The normalized spacial score (nSPS) is 25.7. The molecule has 538 valence electrons. The van der Waals surface area contributed by atoms with Gasteiger partial charge in [-0.25, -0.2) is 9.36 Å². The van der Waals surface area contributed by atoms with E-state index in [-0.39, 0.29) is 120 Å². The van der Waals surface area contributed by atoms with Crippen molar-refractivity contribution in [3.05, 3.63) is 0 Å². The Morgan fingerprint density at radius 3 is 1.56 bits per heavy atom.